The van der Waals surface area contributed by atoms with Crippen LogP contribution in [0.3, 0.4) is 0 Å². The zero-order chi connectivity index (χ0) is 27.8. The molecule has 0 aliphatic heterocycles. The van der Waals surface area contributed by atoms with Gasteiger partial charge in [0.1, 0.15) is 10.1 Å². The molecular weight excluding hydrogens is 561 g/mol. The first-order valence-electron chi connectivity index (χ1n) is 11.1. The van der Waals surface area contributed by atoms with Gasteiger partial charge in [0.2, 0.25) is 10.0 Å². The molecule has 0 unspecified atom stereocenters. The van der Waals surface area contributed by atoms with Crippen molar-refractivity contribution in [2.45, 2.75) is 9.79 Å². The van der Waals surface area contributed by atoms with Gasteiger partial charge in [-0.1, -0.05) is 30.3 Å². The normalized spacial score (nSPS) is 13.0. The Morgan fingerprint density at radius 1 is 0.846 bits per heavy atom. The van der Waals surface area contributed by atoms with Crippen molar-refractivity contribution in [2.24, 2.45) is 0 Å². The number of anilines is 3. The zero-order valence-corrected chi connectivity index (χ0v) is 24.3. The van der Waals surface area contributed by atoms with Crippen molar-refractivity contribution in [1.29, 1.82) is 0 Å². The maximum Gasteiger partial charge on any atom is 1.00 e. The average molecular weight is 584 g/mol. The topological polar surface area (TPSA) is 207 Å². The number of aliphatic hydroxyl groups excluding tert-OH is 2. The van der Waals surface area contributed by atoms with Gasteiger partial charge in [0.05, 0.1) is 45.5 Å². The first-order chi connectivity index (χ1) is 17.9. The molecule has 0 radical (unpaired) electrons. The van der Waals surface area contributed by atoms with Crippen LogP contribution in [0, 0.1) is 0 Å². The summed E-state index contributed by atoms with van der Waals surface area (Å²) in [5, 5.41) is 21.2. The quantitative estimate of drug-likeness (QED) is 0.0933. The van der Waals surface area contributed by atoms with Crippen LogP contribution in [0.25, 0.3) is 0 Å². The SMILES string of the molecule is Nc1c(S(=O)(=O)[O-])cc(Nc2cccc(S(=O)(=O)N(CCO)CCO)c2)c2c1C(=O)c1ccccc1C2=O.[Na+]. The average Bonchev–Trinajstić information content (AvgIpc) is 2.87. The molecule has 0 bridgehead atoms. The van der Waals surface area contributed by atoms with Crippen LogP contribution in [-0.2, 0) is 20.1 Å². The fourth-order valence-electron chi connectivity index (χ4n) is 4.21. The molecule has 0 fully saturated rings. The molecule has 0 saturated carbocycles. The summed E-state index contributed by atoms with van der Waals surface area (Å²) in [6.45, 7) is -1.52. The Balaban J connectivity index is 0.00000420. The summed E-state index contributed by atoms with van der Waals surface area (Å²) in [6, 6.07) is 11.9. The number of aliphatic hydroxyl groups is 2. The molecule has 0 saturated heterocycles. The summed E-state index contributed by atoms with van der Waals surface area (Å²) in [7, 11) is -9.35. The van der Waals surface area contributed by atoms with Gasteiger partial charge >= 0.3 is 29.6 Å². The summed E-state index contributed by atoms with van der Waals surface area (Å²) in [6.07, 6.45) is 0. The largest absolute Gasteiger partial charge is 1.00 e. The molecular formula is C24H22N3NaO9S2. The minimum absolute atomic E-state index is 0. The van der Waals surface area contributed by atoms with Gasteiger partial charge in [0, 0.05) is 29.9 Å². The fraction of sp³-hybridized carbons (Fsp3) is 0.167. The predicted octanol–water partition coefficient (Wildman–Crippen LogP) is -2.33. The first kappa shape index (κ1) is 30.9. The van der Waals surface area contributed by atoms with Crippen LogP contribution in [0.15, 0.2) is 64.4 Å². The number of hydrogen-bond donors (Lipinski definition) is 4. The molecule has 5 N–H and O–H groups in total. The van der Waals surface area contributed by atoms with Crippen LogP contribution < -0.4 is 40.6 Å². The van der Waals surface area contributed by atoms with E-state index in [2.05, 4.69) is 5.32 Å². The van der Waals surface area contributed by atoms with Crippen LogP contribution in [0.5, 0.6) is 0 Å². The standard InChI is InChI=1S/C24H23N3O9S2.Na/c25-22-19(38(34,35)36)13-18(20-21(22)24(31)17-7-2-1-6-16(17)23(20)30)26-14-4-3-5-15(12-14)37(32,33)27(8-10-28)9-11-29;/h1-7,12-13,26,28-29H,8-11,25H2,(H,34,35,36);/q;+1/p-1. The Morgan fingerprint density at radius 2 is 1.41 bits per heavy atom. The number of carbonyl (C=O) groups is 2. The number of ketones is 2. The third kappa shape index (κ3) is 5.79. The van der Waals surface area contributed by atoms with E-state index >= 15 is 0 Å². The van der Waals surface area contributed by atoms with Gasteiger partial charge in [0.25, 0.3) is 0 Å². The Kier molecular flexibility index (Phi) is 9.37. The van der Waals surface area contributed by atoms with E-state index in [0.717, 1.165) is 10.4 Å². The molecule has 15 heteroatoms. The molecule has 39 heavy (non-hydrogen) atoms. The summed E-state index contributed by atoms with van der Waals surface area (Å²) in [5.74, 6) is -1.40. The maximum atomic E-state index is 13.4. The summed E-state index contributed by atoms with van der Waals surface area (Å²) >= 11 is 0. The van der Waals surface area contributed by atoms with E-state index in [9.17, 15) is 41.2 Å². The maximum absolute atomic E-state index is 13.4. The van der Waals surface area contributed by atoms with Crippen molar-refractivity contribution in [3.63, 3.8) is 0 Å². The second-order valence-corrected chi connectivity index (χ2v) is 11.5. The first-order valence-corrected chi connectivity index (χ1v) is 14.0. The minimum Gasteiger partial charge on any atom is -0.744 e. The van der Waals surface area contributed by atoms with Crippen molar-refractivity contribution in [3.8, 4) is 0 Å². The van der Waals surface area contributed by atoms with Crippen molar-refractivity contribution in [2.75, 3.05) is 37.4 Å². The van der Waals surface area contributed by atoms with E-state index in [4.69, 9.17) is 5.73 Å². The molecule has 0 spiro atoms. The fourth-order valence-corrected chi connectivity index (χ4v) is 6.32. The van der Waals surface area contributed by atoms with Crippen LogP contribution >= 0.6 is 0 Å². The predicted molar refractivity (Wildman–Crippen MR) is 135 cm³/mol. The Hall–Kier alpha value is -2.66. The van der Waals surface area contributed by atoms with E-state index in [-0.39, 0.29) is 75.6 Å². The van der Waals surface area contributed by atoms with Crippen molar-refractivity contribution < 1.29 is 70.7 Å². The second-order valence-electron chi connectivity index (χ2n) is 8.25. The molecule has 1 aliphatic carbocycles. The van der Waals surface area contributed by atoms with Gasteiger partial charge in [-0.15, -0.1) is 0 Å². The molecule has 1 aliphatic rings. The summed E-state index contributed by atoms with van der Waals surface area (Å²) < 4.78 is 62.9. The Labute approximate surface area is 246 Å². The number of hydrogen-bond acceptors (Lipinski definition) is 11. The van der Waals surface area contributed by atoms with Crippen LogP contribution in [0.1, 0.15) is 31.8 Å². The Bertz CT molecular complexity index is 1670. The van der Waals surface area contributed by atoms with Crippen LogP contribution in [-0.4, -0.2) is 73.8 Å². The molecule has 12 nitrogen and oxygen atoms in total. The van der Waals surface area contributed by atoms with E-state index < -0.39 is 61.1 Å². The number of nitrogens with two attached hydrogens (primary N) is 1. The molecule has 200 valence electrons. The molecule has 0 aromatic heterocycles. The van der Waals surface area contributed by atoms with E-state index in [1.54, 1.807) is 6.07 Å². The number of nitrogens with one attached hydrogen (secondary N) is 1. The molecule has 4 rings (SSSR count). The molecule has 3 aromatic carbocycles. The Morgan fingerprint density at radius 3 is 1.95 bits per heavy atom. The number of rotatable bonds is 9. The van der Waals surface area contributed by atoms with Crippen LogP contribution in [0.2, 0.25) is 0 Å². The van der Waals surface area contributed by atoms with Crippen LogP contribution in [0.4, 0.5) is 17.1 Å². The van der Waals surface area contributed by atoms with Gasteiger partial charge in [-0.05, 0) is 24.3 Å². The molecule has 3 aromatic rings. The van der Waals surface area contributed by atoms with Gasteiger partial charge < -0.3 is 25.8 Å². The number of fused-ring (bicyclic) bond motifs is 2. The van der Waals surface area contributed by atoms with Gasteiger partial charge in [-0.25, -0.2) is 16.8 Å². The number of nitrogens with zero attached hydrogens (tertiary/aromatic N) is 1. The van der Waals surface area contributed by atoms with Crippen molar-refractivity contribution in [3.05, 3.63) is 76.9 Å². The molecule has 0 amide bonds. The summed E-state index contributed by atoms with van der Waals surface area (Å²) in [4.78, 5) is 25.5. The minimum atomic E-state index is -5.18. The molecule has 0 heterocycles. The van der Waals surface area contributed by atoms with Gasteiger partial charge in [-0.3, -0.25) is 9.59 Å². The second kappa shape index (κ2) is 11.8. The number of carbonyl (C=O) groups excluding carboxylic acids is 2. The zero-order valence-electron chi connectivity index (χ0n) is 20.6. The number of nitrogen functional groups attached to an aromatic ring is 1. The van der Waals surface area contributed by atoms with Gasteiger partial charge in [-0.2, -0.15) is 4.31 Å². The van der Waals surface area contributed by atoms with Crippen molar-refractivity contribution >= 4 is 48.8 Å². The third-order valence-corrected chi connectivity index (χ3v) is 8.69. The summed E-state index contributed by atoms with van der Waals surface area (Å²) in [5.41, 5.74) is 4.41. The van der Waals surface area contributed by atoms with E-state index in [0.29, 0.717) is 0 Å². The number of benzene rings is 3. The van der Waals surface area contributed by atoms with Gasteiger partial charge in [0.15, 0.2) is 11.6 Å². The molecule has 0 atom stereocenters. The third-order valence-electron chi connectivity index (χ3n) is 5.92. The van der Waals surface area contributed by atoms with Crippen molar-refractivity contribution in [1.82, 2.24) is 4.31 Å². The van der Waals surface area contributed by atoms with E-state index in [1.807, 2.05) is 0 Å². The smallest absolute Gasteiger partial charge is 0.744 e. The van der Waals surface area contributed by atoms with E-state index in [1.165, 1.54) is 42.5 Å². The monoisotopic (exact) mass is 583 g/mol. The number of sulfonamides is 1.